The van der Waals surface area contributed by atoms with Gasteiger partial charge in [0.25, 0.3) is 5.91 Å². The molecule has 0 spiro atoms. The van der Waals surface area contributed by atoms with Crippen LogP contribution in [0.5, 0.6) is 0 Å². The van der Waals surface area contributed by atoms with Crippen LogP contribution in [-0.2, 0) is 0 Å². The average molecular weight is 300 g/mol. The molecular formula is C13H15BrFNO. The van der Waals surface area contributed by atoms with E-state index in [-0.39, 0.29) is 11.5 Å². The molecule has 0 aliphatic heterocycles. The van der Waals surface area contributed by atoms with Crippen molar-refractivity contribution in [1.82, 2.24) is 5.32 Å². The van der Waals surface area contributed by atoms with Gasteiger partial charge in [-0.05, 0) is 42.9 Å². The second-order valence-electron chi connectivity index (χ2n) is 4.65. The number of carbonyl (C=O) groups is 1. The van der Waals surface area contributed by atoms with Crippen LogP contribution >= 0.6 is 15.9 Å². The predicted octanol–water partition coefficient (Wildman–Crippen LogP) is 3.36. The van der Waals surface area contributed by atoms with Gasteiger partial charge in [-0.15, -0.1) is 0 Å². The van der Waals surface area contributed by atoms with Crippen LogP contribution in [0.3, 0.4) is 0 Å². The quantitative estimate of drug-likeness (QED) is 0.907. The monoisotopic (exact) mass is 299 g/mol. The number of nitrogens with one attached hydrogen (secondary N) is 1. The Labute approximate surface area is 109 Å². The van der Waals surface area contributed by atoms with Crippen molar-refractivity contribution >= 4 is 21.8 Å². The first-order valence-electron chi connectivity index (χ1n) is 5.81. The Morgan fingerprint density at radius 3 is 2.94 bits per heavy atom. The van der Waals surface area contributed by atoms with Crippen molar-refractivity contribution in [2.24, 2.45) is 11.8 Å². The average Bonchev–Trinajstić information content (AvgIpc) is 3.12. The van der Waals surface area contributed by atoms with Gasteiger partial charge in [0.05, 0.1) is 5.56 Å². The molecule has 0 heterocycles. The molecule has 1 saturated carbocycles. The summed E-state index contributed by atoms with van der Waals surface area (Å²) in [5, 5.41) is 2.79. The maximum Gasteiger partial charge on any atom is 0.254 e. The Kier molecular flexibility index (Phi) is 3.82. The molecule has 2 nitrogen and oxygen atoms in total. The summed E-state index contributed by atoms with van der Waals surface area (Å²) in [5.41, 5.74) is 0.0994. The van der Waals surface area contributed by atoms with Gasteiger partial charge >= 0.3 is 0 Å². The van der Waals surface area contributed by atoms with Gasteiger partial charge in [-0.2, -0.15) is 0 Å². The molecule has 0 aromatic heterocycles. The topological polar surface area (TPSA) is 29.1 Å². The predicted molar refractivity (Wildman–Crippen MR) is 68.3 cm³/mol. The molecule has 92 valence electrons. The summed E-state index contributed by atoms with van der Waals surface area (Å²) in [6, 6.07) is 4.38. The van der Waals surface area contributed by atoms with Crippen LogP contribution in [0.4, 0.5) is 4.39 Å². The summed E-state index contributed by atoms with van der Waals surface area (Å²) < 4.78 is 14.1. The highest BCUT2D eigenvalue weighted by Crippen LogP contribution is 2.36. The highest BCUT2D eigenvalue weighted by Gasteiger charge is 2.28. The van der Waals surface area contributed by atoms with Crippen molar-refractivity contribution < 1.29 is 9.18 Å². The third-order valence-corrected chi connectivity index (χ3v) is 3.68. The molecule has 1 aromatic rings. The largest absolute Gasteiger partial charge is 0.352 e. The molecule has 0 radical (unpaired) electrons. The molecule has 0 saturated heterocycles. The van der Waals surface area contributed by atoms with Crippen LogP contribution in [-0.4, -0.2) is 12.5 Å². The van der Waals surface area contributed by atoms with Crippen LogP contribution in [0.1, 0.15) is 30.1 Å². The third kappa shape index (κ3) is 3.28. The molecule has 0 bridgehead atoms. The van der Waals surface area contributed by atoms with Crippen molar-refractivity contribution in [3.05, 3.63) is 34.1 Å². The van der Waals surface area contributed by atoms with Crippen LogP contribution < -0.4 is 5.32 Å². The van der Waals surface area contributed by atoms with E-state index in [0.29, 0.717) is 16.9 Å². The van der Waals surface area contributed by atoms with Gasteiger partial charge < -0.3 is 5.32 Å². The smallest absolute Gasteiger partial charge is 0.254 e. The fourth-order valence-corrected chi connectivity index (χ4v) is 2.21. The molecule has 1 fully saturated rings. The minimum absolute atomic E-state index is 0.0994. The summed E-state index contributed by atoms with van der Waals surface area (Å²) in [4.78, 5) is 11.8. The zero-order valence-electron chi connectivity index (χ0n) is 9.67. The lowest BCUT2D eigenvalue weighted by Crippen LogP contribution is -2.29. The number of rotatable bonds is 4. The second-order valence-corrected chi connectivity index (χ2v) is 5.56. The fourth-order valence-electron chi connectivity index (χ4n) is 1.85. The van der Waals surface area contributed by atoms with Crippen LogP contribution in [0.15, 0.2) is 22.7 Å². The first kappa shape index (κ1) is 12.6. The maximum atomic E-state index is 13.4. The molecule has 4 heteroatoms. The molecule has 1 amide bonds. The van der Waals surface area contributed by atoms with Crippen LogP contribution in [0, 0.1) is 17.7 Å². The normalized spacial score (nSPS) is 16.6. The lowest BCUT2D eigenvalue weighted by Gasteiger charge is -2.11. The van der Waals surface area contributed by atoms with Gasteiger partial charge in [0.1, 0.15) is 5.82 Å². The lowest BCUT2D eigenvalue weighted by molar-refractivity contribution is 0.0942. The van der Waals surface area contributed by atoms with E-state index >= 15 is 0 Å². The zero-order valence-corrected chi connectivity index (χ0v) is 11.3. The van der Waals surface area contributed by atoms with Crippen molar-refractivity contribution in [2.75, 3.05) is 6.54 Å². The van der Waals surface area contributed by atoms with E-state index in [1.807, 2.05) is 0 Å². The Bertz CT molecular complexity index is 431. The third-order valence-electron chi connectivity index (χ3n) is 3.18. The molecule has 1 atom stereocenters. The van der Waals surface area contributed by atoms with E-state index < -0.39 is 5.82 Å². The van der Waals surface area contributed by atoms with Crippen LogP contribution in [0.2, 0.25) is 0 Å². The summed E-state index contributed by atoms with van der Waals surface area (Å²) in [6.07, 6.45) is 2.50. The van der Waals surface area contributed by atoms with E-state index in [9.17, 15) is 9.18 Å². The number of benzene rings is 1. The van der Waals surface area contributed by atoms with Crippen molar-refractivity contribution in [2.45, 2.75) is 19.8 Å². The van der Waals surface area contributed by atoms with Gasteiger partial charge in [-0.1, -0.05) is 22.9 Å². The minimum Gasteiger partial charge on any atom is -0.352 e. The summed E-state index contributed by atoms with van der Waals surface area (Å²) in [7, 11) is 0. The van der Waals surface area contributed by atoms with Crippen molar-refractivity contribution in [1.29, 1.82) is 0 Å². The lowest BCUT2D eigenvalue weighted by atomic mass is 10.1. The Balaban J connectivity index is 1.96. The van der Waals surface area contributed by atoms with Crippen molar-refractivity contribution in [3.8, 4) is 0 Å². The van der Waals surface area contributed by atoms with Crippen molar-refractivity contribution in [3.63, 3.8) is 0 Å². The Morgan fingerprint density at radius 2 is 2.29 bits per heavy atom. The summed E-state index contributed by atoms with van der Waals surface area (Å²) in [6.45, 7) is 2.74. The SMILES string of the molecule is CC(CNC(=O)c1cc(Br)ccc1F)C1CC1. The summed E-state index contributed by atoms with van der Waals surface area (Å²) >= 11 is 3.23. The van der Waals surface area contributed by atoms with E-state index in [1.165, 1.54) is 25.0 Å². The van der Waals surface area contributed by atoms with Crippen LogP contribution in [0.25, 0.3) is 0 Å². The summed E-state index contributed by atoms with van der Waals surface area (Å²) in [5.74, 6) is 0.401. The first-order chi connectivity index (χ1) is 8.08. The Morgan fingerprint density at radius 1 is 1.59 bits per heavy atom. The maximum absolute atomic E-state index is 13.4. The molecule has 1 aromatic carbocycles. The Hall–Kier alpha value is -0.900. The van der Waals surface area contributed by atoms with Gasteiger partial charge in [-0.25, -0.2) is 4.39 Å². The van der Waals surface area contributed by atoms with E-state index in [2.05, 4.69) is 28.2 Å². The van der Waals surface area contributed by atoms with Gasteiger partial charge in [-0.3, -0.25) is 4.79 Å². The fraction of sp³-hybridized carbons (Fsp3) is 0.462. The molecule has 17 heavy (non-hydrogen) atoms. The number of carbonyl (C=O) groups excluding carboxylic acids is 1. The highest BCUT2D eigenvalue weighted by molar-refractivity contribution is 9.10. The number of hydrogen-bond acceptors (Lipinski definition) is 1. The minimum atomic E-state index is -0.482. The molecule has 1 unspecified atom stereocenters. The second kappa shape index (κ2) is 5.17. The van der Waals surface area contributed by atoms with E-state index in [4.69, 9.17) is 0 Å². The van der Waals surface area contributed by atoms with Gasteiger partial charge in [0.2, 0.25) is 0 Å². The molecule has 2 rings (SSSR count). The first-order valence-corrected chi connectivity index (χ1v) is 6.60. The zero-order chi connectivity index (χ0) is 12.4. The van der Waals surface area contributed by atoms with Gasteiger partial charge in [0.15, 0.2) is 0 Å². The van der Waals surface area contributed by atoms with E-state index in [0.717, 1.165) is 5.92 Å². The molecule has 1 aliphatic rings. The number of hydrogen-bond donors (Lipinski definition) is 1. The van der Waals surface area contributed by atoms with E-state index in [1.54, 1.807) is 6.07 Å². The highest BCUT2D eigenvalue weighted by atomic mass is 79.9. The molecule has 1 aliphatic carbocycles. The molecular weight excluding hydrogens is 285 g/mol. The number of halogens is 2. The standard InChI is InChI=1S/C13H15BrFNO/c1-8(9-2-3-9)7-16-13(17)11-6-10(14)4-5-12(11)15/h4-6,8-9H,2-3,7H2,1H3,(H,16,17). The van der Waals surface area contributed by atoms with Gasteiger partial charge in [0, 0.05) is 11.0 Å². The number of amides is 1. The molecule has 1 N–H and O–H groups in total.